The fraction of sp³-hybridized carbons (Fsp3) is 0.105. The van der Waals surface area contributed by atoms with Crippen molar-refractivity contribution in [1.82, 2.24) is 10.4 Å². The van der Waals surface area contributed by atoms with Crippen molar-refractivity contribution in [3.63, 3.8) is 0 Å². The maximum Gasteiger partial charge on any atom is 0.246 e. The number of hydrazone groups is 1. The van der Waals surface area contributed by atoms with E-state index in [1.165, 1.54) is 42.9 Å². The van der Waals surface area contributed by atoms with E-state index in [2.05, 4.69) is 15.5 Å². The number of phenolic OH excluding ortho intramolecular Hbond substituents is 1. The monoisotopic (exact) mass is 385 g/mol. The number of carbonyl (C=O) groups excluding carboxylic acids is 1. The van der Waals surface area contributed by atoms with Gasteiger partial charge in [-0.25, -0.2) is 14.8 Å². The van der Waals surface area contributed by atoms with Gasteiger partial charge in [-0.15, -0.1) is 11.3 Å². The predicted octanol–water partition coefficient (Wildman–Crippen LogP) is 3.36. The smallest absolute Gasteiger partial charge is 0.246 e. The second-order valence-corrected chi connectivity index (χ2v) is 6.41. The molecule has 0 aliphatic rings. The van der Waals surface area contributed by atoms with Gasteiger partial charge in [0.25, 0.3) is 0 Å². The highest BCUT2D eigenvalue weighted by molar-refractivity contribution is 7.13. The van der Waals surface area contributed by atoms with Gasteiger partial charge in [-0.2, -0.15) is 5.10 Å². The topological polar surface area (TPSA) is 83.8 Å². The Morgan fingerprint density at radius 2 is 2.11 bits per heavy atom. The number of halogens is 1. The van der Waals surface area contributed by atoms with Gasteiger partial charge >= 0.3 is 0 Å². The summed E-state index contributed by atoms with van der Waals surface area (Å²) in [6, 6.07) is 10.8. The van der Waals surface area contributed by atoms with Gasteiger partial charge in [-0.1, -0.05) is 0 Å². The predicted molar refractivity (Wildman–Crippen MR) is 102 cm³/mol. The number of aromatic hydroxyl groups is 1. The highest BCUT2D eigenvalue weighted by Gasteiger charge is 2.09. The van der Waals surface area contributed by atoms with Crippen molar-refractivity contribution in [3.05, 3.63) is 64.9 Å². The Morgan fingerprint density at radius 3 is 2.85 bits per heavy atom. The number of carbonyl (C=O) groups is 1. The average molecular weight is 385 g/mol. The highest BCUT2D eigenvalue weighted by atomic mass is 32.1. The number of nitrogens with one attached hydrogen (secondary N) is 1. The lowest BCUT2D eigenvalue weighted by atomic mass is 10.2. The molecule has 3 rings (SSSR count). The number of amides is 1. The van der Waals surface area contributed by atoms with Gasteiger partial charge in [-0.3, -0.25) is 4.79 Å². The molecule has 3 aromatic rings. The molecular formula is C19H16FN3O3S. The largest absolute Gasteiger partial charge is 0.504 e. The molecule has 1 heterocycles. The summed E-state index contributed by atoms with van der Waals surface area (Å²) in [5, 5.41) is 15.9. The summed E-state index contributed by atoms with van der Waals surface area (Å²) in [5.41, 5.74) is 4.50. The molecule has 1 amide bonds. The van der Waals surface area contributed by atoms with Crippen molar-refractivity contribution in [2.75, 3.05) is 7.11 Å². The molecule has 0 aliphatic carbocycles. The summed E-state index contributed by atoms with van der Waals surface area (Å²) in [6.07, 6.45) is 1.53. The molecule has 0 unspecified atom stereocenters. The number of hydrogen-bond acceptors (Lipinski definition) is 6. The molecule has 8 heteroatoms. The number of aromatic nitrogens is 1. The van der Waals surface area contributed by atoms with Crippen LogP contribution >= 0.6 is 11.3 Å². The summed E-state index contributed by atoms with van der Waals surface area (Å²) < 4.78 is 18.0. The van der Waals surface area contributed by atoms with Crippen LogP contribution < -0.4 is 10.2 Å². The molecule has 0 saturated carbocycles. The second kappa shape index (κ2) is 8.41. The van der Waals surface area contributed by atoms with E-state index in [0.29, 0.717) is 17.0 Å². The van der Waals surface area contributed by atoms with E-state index in [0.717, 1.165) is 10.6 Å². The molecule has 0 bridgehead atoms. The van der Waals surface area contributed by atoms with Crippen molar-refractivity contribution in [1.29, 1.82) is 0 Å². The van der Waals surface area contributed by atoms with Crippen LogP contribution in [-0.4, -0.2) is 29.3 Å². The van der Waals surface area contributed by atoms with Crippen LogP contribution in [0.1, 0.15) is 11.3 Å². The molecular weight excluding hydrogens is 369 g/mol. The maximum absolute atomic E-state index is 13.0. The SMILES string of the molecule is COc1cc(/C=N/NC(=O)Cc2csc(-c3ccc(F)cc3)n2)ccc1O. The van der Waals surface area contributed by atoms with Gasteiger partial charge in [-0.05, 0) is 48.0 Å². The van der Waals surface area contributed by atoms with E-state index in [-0.39, 0.29) is 23.9 Å². The van der Waals surface area contributed by atoms with E-state index in [1.807, 2.05) is 0 Å². The van der Waals surface area contributed by atoms with Crippen molar-refractivity contribution in [3.8, 4) is 22.1 Å². The third-order valence-corrected chi connectivity index (χ3v) is 4.53. The molecule has 0 atom stereocenters. The molecule has 0 saturated heterocycles. The second-order valence-electron chi connectivity index (χ2n) is 5.55. The Bertz CT molecular complexity index is 971. The number of nitrogens with zero attached hydrogens (tertiary/aromatic N) is 2. The van der Waals surface area contributed by atoms with Crippen LogP contribution in [0, 0.1) is 5.82 Å². The minimum atomic E-state index is -0.312. The zero-order valence-corrected chi connectivity index (χ0v) is 15.2. The molecule has 27 heavy (non-hydrogen) atoms. The van der Waals surface area contributed by atoms with Gasteiger partial charge in [0.05, 0.1) is 25.4 Å². The first-order valence-electron chi connectivity index (χ1n) is 7.94. The summed E-state index contributed by atoms with van der Waals surface area (Å²) >= 11 is 1.39. The third kappa shape index (κ3) is 4.89. The van der Waals surface area contributed by atoms with Crippen LogP contribution in [0.15, 0.2) is 52.9 Å². The molecule has 6 nitrogen and oxygen atoms in total. The Hall–Kier alpha value is -3.26. The van der Waals surface area contributed by atoms with Crippen LogP contribution in [0.25, 0.3) is 10.6 Å². The molecule has 0 fully saturated rings. The molecule has 0 aliphatic heterocycles. The fourth-order valence-electron chi connectivity index (χ4n) is 2.27. The van der Waals surface area contributed by atoms with Crippen LogP contribution in [0.4, 0.5) is 4.39 Å². The van der Waals surface area contributed by atoms with Crippen LogP contribution in [0.3, 0.4) is 0 Å². The average Bonchev–Trinajstić information content (AvgIpc) is 3.12. The van der Waals surface area contributed by atoms with E-state index in [4.69, 9.17) is 4.74 Å². The first-order valence-corrected chi connectivity index (χ1v) is 8.82. The summed E-state index contributed by atoms with van der Waals surface area (Å²) in [5.74, 6) is -0.271. The fourth-order valence-corrected chi connectivity index (χ4v) is 3.10. The molecule has 1 aromatic heterocycles. The maximum atomic E-state index is 13.0. The highest BCUT2D eigenvalue weighted by Crippen LogP contribution is 2.25. The van der Waals surface area contributed by atoms with Crippen LogP contribution in [0.2, 0.25) is 0 Å². The number of methoxy groups -OCH3 is 1. The van der Waals surface area contributed by atoms with Crippen LogP contribution in [-0.2, 0) is 11.2 Å². The van der Waals surface area contributed by atoms with Crippen molar-refractivity contribution >= 4 is 23.5 Å². The molecule has 2 N–H and O–H groups in total. The molecule has 138 valence electrons. The van der Waals surface area contributed by atoms with Crippen molar-refractivity contribution in [2.24, 2.45) is 5.10 Å². The Morgan fingerprint density at radius 1 is 1.33 bits per heavy atom. The standard InChI is InChI=1S/C19H16FN3O3S/c1-26-17-8-12(2-7-16(17)24)10-21-23-18(25)9-15-11-27-19(22-15)13-3-5-14(20)6-4-13/h2-8,10-11,24H,9H2,1H3,(H,23,25)/b21-10+. The minimum absolute atomic E-state index is 0.0270. The Labute approximate surface area is 159 Å². The quantitative estimate of drug-likeness (QED) is 0.503. The lowest BCUT2D eigenvalue weighted by Crippen LogP contribution is -2.19. The summed E-state index contributed by atoms with van der Waals surface area (Å²) in [4.78, 5) is 16.4. The number of hydrogen-bond donors (Lipinski definition) is 2. The Balaban J connectivity index is 1.57. The summed E-state index contributed by atoms with van der Waals surface area (Å²) in [7, 11) is 1.45. The lowest BCUT2D eigenvalue weighted by molar-refractivity contribution is -0.120. The van der Waals surface area contributed by atoms with E-state index < -0.39 is 0 Å². The third-order valence-electron chi connectivity index (χ3n) is 3.59. The van der Waals surface area contributed by atoms with Gasteiger partial charge < -0.3 is 9.84 Å². The van der Waals surface area contributed by atoms with Gasteiger partial charge in [0.1, 0.15) is 10.8 Å². The zero-order valence-electron chi connectivity index (χ0n) is 14.3. The first kappa shape index (κ1) is 18.5. The normalized spacial score (nSPS) is 10.9. The van der Waals surface area contributed by atoms with Gasteiger partial charge in [0.15, 0.2) is 11.5 Å². The lowest BCUT2D eigenvalue weighted by Gasteiger charge is -2.03. The minimum Gasteiger partial charge on any atom is -0.504 e. The van der Waals surface area contributed by atoms with Gasteiger partial charge in [0, 0.05) is 10.9 Å². The molecule has 0 radical (unpaired) electrons. The van der Waals surface area contributed by atoms with Crippen molar-refractivity contribution < 1.29 is 19.0 Å². The molecule has 0 spiro atoms. The van der Waals surface area contributed by atoms with E-state index in [9.17, 15) is 14.3 Å². The van der Waals surface area contributed by atoms with Gasteiger partial charge in [0.2, 0.25) is 5.91 Å². The zero-order chi connectivity index (χ0) is 19.2. The van der Waals surface area contributed by atoms with Crippen molar-refractivity contribution in [2.45, 2.75) is 6.42 Å². The number of rotatable bonds is 6. The number of thiazole rings is 1. The Kier molecular flexibility index (Phi) is 5.77. The number of benzene rings is 2. The van der Waals surface area contributed by atoms with E-state index in [1.54, 1.807) is 29.6 Å². The van der Waals surface area contributed by atoms with Crippen LogP contribution in [0.5, 0.6) is 11.5 Å². The first-order chi connectivity index (χ1) is 13.0. The summed E-state index contributed by atoms with van der Waals surface area (Å²) in [6.45, 7) is 0. The van der Waals surface area contributed by atoms with E-state index >= 15 is 0 Å². The number of phenols is 1. The number of ether oxygens (including phenoxy) is 1. The molecule has 2 aromatic carbocycles.